The highest BCUT2D eigenvalue weighted by Crippen LogP contribution is 2.29. The van der Waals surface area contributed by atoms with E-state index in [4.69, 9.17) is 0 Å². The molecule has 100 valence electrons. The lowest BCUT2D eigenvalue weighted by Gasteiger charge is -2.34. The maximum Gasteiger partial charge on any atom is 0.0110 e. The molecule has 2 saturated carbocycles. The Balaban J connectivity index is 1.63. The van der Waals surface area contributed by atoms with Crippen molar-refractivity contribution in [2.24, 2.45) is 11.8 Å². The zero-order valence-electron chi connectivity index (χ0n) is 11.9. The molecule has 3 unspecified atom stereocenters. The van der Waals surface area contributed by atoms with E-state index in [2.05, 4.69) is 31.0 Å². The summed E-state index contributed by atoms with van der Waals surface area (Å²) in [5.41, 5.74) is 0. The molecular weight excluding hydrogens is 208 g/mol. The summed E-state index contributed by atoms with van der Waals surface area (Å²) in [5, 5.41) is 3.80. The van der Waals surface area contributed by atoms with Gasteiger partial charge in [-0.3, -0.25) is 4.90 Å². The van der Waals surface area contributed by atoms with Crippen LogP contribution in [-0.4, -0.2) is 36.6 Å². The number of rotatable bonds is 6. The van der Waals surface area contributed by atoms with Crippen molar-refractivity contribution in [2.75, 3.05) is 19.6 Å². The Morgan fingerprint density at radius 1 is 1.12 bits per heavy atom. The van der Waals surface area contributed by atoms with Gasteiger partial charge in [-0.15, -0.1) is 0 Å². The number of nitrogens with zero attached hydrogens (tertiary/aromatic N) is 1. The molecule has 0 spiro atoms. The lowest BCUT2D eigenvalue weighted by molar-refractivity contribution is 0.212. The molecule has 1 N–H and O–H groups in total. The maximum atomic E-state index is 3.80. The minimum atomic E-state index is 0.782. The summed E-state index contributed by atoms with van der Waals surface area (Å²) in [6.45, 7) is 10.8. The monoisotopic (exact) mass is 238 g/mol. The quantitative estimate of drug-likeness (QED) is 0.765. The van der Waals surface area contributed by atoms with E-state index in [0.29, 0.717) is 0 Å². The minimum Gasteiger partial charge on any atom is -0.312 e. The third-order valence-corrected chi connectivity index (χ3v) is 4.71. The molecule has 0 radical (unpaired) electrons. The van der Waals surface area contributed by atoms with E-state index in [-0.39, 0.29) is 0 Å². The van der Waals surface area contributed by atoms with Crippen LogP contribution in [0.15, 0.2) is 0 Å². The Morgan fingerprint density at radius 3 is 2.47 bits per heavy atom. The molecule has 2 nitrogen and oxygen atoms in total. The van der Waals surface area contributed by atoms with E-state index >= 15 is 0 Å². The van der Waals surface area contributed by atoms with Crippen LogP contribution in [0.25, 0.3) is 0 Å². The van der Waals surface area contributed by atoms with E-state index in [1.807, 2.05) is 0 Å². The molecule has 2 rings (SSSR count). The first kappa shape index (κ1) is 13.4. The van der Waals surface area contributed by atoms with Gasteiger partial charge in [-0.05, 0) is 50.5 Å². The molecule has 2 aliphatic carbocycles. The highest BCUT2D eigenvalue weighted by molar-refractivity contribution is 4.85. The van der Waals surface area contributed by atoms with Gasteiger partial charge in [0.25, 0.3) is 0 Å². The zero-order chi connectivity index (χ0) is 12.3. The molecule has 0 aromatic rings. The van der Waals surface area contributed by atoms with Gasteiger partial charge in [0.15, 0.2) is 0 Å². The van der Waals surface area contributed by atoms with Crippen LogP contribution in [0, 0.1) is 11.8 Å². The number of hydrogen-bond acceptors (Lipinski definition) is 2. The molecular formula is C15H30N2. The van der Waals surface area contributed by atoms with Crippen LogP contribution in [0.1, 0.15) is 52.9 Å². The molecule has 0 saturated heterocycles. The minimum absolute atomic E-state index is 0.782. The van der Waals surface area contributed by atoms with Gasteiger partial charge in [-0.25, -0.2) is 0 Å². The topological polar surface area (TPSA) is 15.3 Å². The second-order valence-electron chi connectivity index (χ2n) is 6.32. The molecule has 17 heavy (non-hydrogen) atoms. The Kier molecular flexibility index (Phi) is 4.87. The van der Waals surface area contributed by atoms with Gasteiger partial charge in [0, 0.05) is 25.2 Å². The molecule has 0 aromatic carbocycles. The summed E-state index contributed by atoms with van der Waals surface area (Å²) in [4.78, 5) is 2.64. The first-order valence-electron chi connectivity index (χ1n) is 7.68. The molecule has 0 aromatic heterocycles. The van der Waals surface area contributed by atoms with Crippen molar-refractivity contribution in [1.29, 1.82) is 0 Å². The molecule has 2 fully saturated rings. The Bertz CT molecular complexity index is 225. The van der Waals surface area contributed by atoms with E-state index in [0.717, 1.165) is 23.9 Å². The van der Waals surface area contributed by atoms with Crippen molar-refractivity contribution in [3.05, 3.63) is 0 Å². The normalized spacial score (nSPS) is 34.2. The lowest BCUT2D eigenvalue weighted by atomic mass is 9.80. The third-order valence-electron chi connectivity index (χ3n) is 4.71. The SMILES string of the molecule is CCN(CCNC1CCC(C)CC1C)C1CC1. The van der Waals surface area contributed by atoms with Crippen LogP contribution in [0.3, 0.4) is 0 Å². The van der Waals surface area contributed by atoms with Crippen LogP contribution in [0.5, 0.6) is 0 Å². The summed E-state index contributed by atoms with van der Waals surface area (Å²) in [6, 6.07) is 1.70. The van der Waals surface area contributed by atoms with Crippen molar-refractivity contribution in [2.45, 2.75) is 65.0 Å². The van der Waals surface area contributed by atoms with Gasteiger partial charge < -0.3 is 5.32 Å². The van der Waals surface area contributed by atoms with Gasteiger partial charge in [0.1, 0.15) is 0 Å². The van der Waals surface area contributed by atoms with Gasteiger partial charge >= 0.3 is 0 Å². The van der Waals surface area contributed by atoms with Gasteiger partial charge in [-0.1, -0.05) is 20.8 Å². The van der Waals surface area contributed by atoms with Crippen molar-refractivity contribution in [1.82, 2.24) is 10.2 Å². The summed E-state index contributed by atoms with van der Waals surface area (Å²) < 4.78 is 0. The average molecular weight is 238 g/mol. The van der Waals surface area contributed by atoms with Crippen molar-refractivity contribution < 1.29 is 0 Å². The van der Waals surface area contributed by atoms with Crippen LogP contribution in [0.4, 0.5) is 0 Å². The number of nitrogens with one attached hydrogen (secondary N) is 1. The summed E-state index contributed by atoms with van der Waals surface area (Å²) >= 11 is 0. The Morgan fingerprint density at radius 2 is 1.88 bits per heavy atom. The number of likely N-dealkylation sites (N-methyl/N-ethyl adjacent to an activating group) is 1. The van der Waals surface area contributed by atoms with Crippen LogP contribution in [-0.2, 0) is 0 Å². The Hall–Kier alpha value is -0.0800. The fourth-order valence-corrected chi connectivity index (χ4v) is 3.40. The highest BCUT2D eigenvalue weighted by Gasteiger charge is 2.28. The second kappa shape index (κ2) is 6.19. The average Bonchev–Trinajstić information content (AvgIpc) is 3.11. The van der Waals surface area contributed by atoms with Gasteiger partial charge in [0.05, 0.1) is 0 Å². The molecule has 0 amide bonds. The summed E-state index contributed by atoms with van der Waals surface area (Å²) in [6.07, 6.45) is 7.09. The molecule has 0 aliphatic heterocycles. The maximum absolute atomic E-state index is 3.80. The van der Waals surface area contributed by atoms with E-state index in [1.165, 1.54) is 51.7 Å². The predicted octanol–water partition coefficient (Wildman–Crippen LogP) is 2.89. The summed E-state index contributed by atoms with van der Waals surface area (Å²) in [7, 11) is 0. The standard InChI is InChI=1S/C15H30N2/c1-4-17(14-6-7-14)10-9-16-15-8-5-12(2)11-13(15)3/h12-16H,4-11H2,1-3H3. The first-order valence-corrected chi connectivity index (χ1v) is 7.68. The molecule has 2 aliphatic rings. The largest absolute Gasteiger partial charge is 0.312 e. The summed E-state index contributed by atoms with van der Waals surface area (Å²) in [5.74, 6) is 1.82. The predicted molar refractivity (Wildman–Crippen MR) is 74.2 cm³/mol. The van der Waals surface area contributed by atoms with Crippen molar-refractivity contribution >= 4 is 0 Å². The van der Waals surface area contributed by atoms with Crippen LogP contribution >= 0.6 is 0 Å². The second-order valence-corrected chi connectivity index (χ2v) is 6.32. The Labute approximate surface area is 107 Å². The smallest absolute Gasteiger partial charge is 0.0110 e. The van der Waals surface area contributed by atoms with E-state index in [9.17, 15) is 0 Å². The first-order chi connectivity index (χ1) is 8.20. The molecule has 2 heteroatoms. The van der Waals surface area contributed by atoms with Gasteiger partial charge in [0.2, 0.25) is 0 Å². The fraction of sp³-hybridized carbons (Fsp3) is 1.00. The third kappa shape index (κ3) is 3.96. The highest BCUT2D eigenvalue weighted by atomic mass is 15.2. The number of hydrogen-bond donors (Lipinski definition) is 1. The van der Waals surface area contributed by atoms with E-state index in [1.54, 1.807) is 0 Å². The van der Waals surface area contributed by atoms with Crippen molar-refractivity contribution in [3.63, 3.8) is 0 Å². The fourth-order valence-electron chi connectivity index (χ4n) is 3.40. The molecule has 3 atom stereocenters. The van der Waals surface area contributed by atoms with Crippen LogP contribution in [0.2, 0.25) is 0 Å². The lowest BCUT2D eigenvalue weighted by Crippen LogP contribution is -2.43. The zero-order valence-corrected chi connectivity index (χ0v) is 11.9. The van der Waals surface area contributed by atoms with Gasteiger partial charge in [-0.2, -0.15) is 0 Å². The molecule has 0 bridgehead atoms. The van der Waals surface area contributed by atoms with E-state index < -0.39 is 0 Å². The molecule has 0 heterocycles. The van der Waals surface area contributed by atoms with Crippen LogP contribution < -0.4 is 5.32 Å². The van der Waals surface area contributed by atoms with Crippen molar-refractivity contribution in [3.8, 4) is 0 Å².